The number of nitrogens with two attached hydrogens (primary N) is 1. The first kappa shape index (κ1) is 11.8. The van der Waals surface area contributed by atoms with Gasteiger partial charge >= 0.3 is 0 Å². The van der Waals surface area contributed by atoms with Gasteiger partial charge in [0.2, 0.25) is 0 Å². The smallest absolute Gasteiger partial charge is 0.140 e. The standard InChI is InChI=1S/C13H17N5O/c14-11(16-19)6-8-17(10-4-5-10)13-3-1-2-12-15-7-9-18(12)13/h1-3,7,9-10,19H,4-6,8H2,(H2,14,16). The van der Waals surface area contributed by atoms with Crippen molar-refractivity contribution in [2.24, 2.45) is 10.9 Å². The number of anilines is 1. The van der Waals surface area contributed by atoms with Gasteiger partial charge in [-0.3, -0.25) is 4.40 Å². The summed E-state index contributed by atoms with van der Waals surface area (Å²) in [6.45, 7) is 0.748. The monoisotopic (exact) mass is 259 g/mol. The molecular weight excluding hydrogens is 242 g/mol. The van der Waals surface area contributed by atoms with Gasteiger partial charge < -0.3 is 15.8 Å². The average Bonchev–Trinajstić information content (AvgIpc) is 3.15. The first-order chi connectivity index (χ1) is 9.29. The molecule has 1 aliphatic rings. The van der Waals surface area contributed by atoms with Gasteiger partial charge in [0, 0.05) is 31.4 Å². The van der Waals surface area contributed by atoms with Crippen molar-refractivity contribution in [1.82, 2.24) is 9.38 Å². The average molecular weight is 259 g/mol. The third-order valence-corrected chi connectivity index (χ3v) is 3.43. The molecule has 3 N–H and O–H groups in total. The Morgan fingerprint density at radius 3 is 3.11 bits per heavy atom. The molecule has 0 radical (unpaired) electrons. The molecule has 0 spiro atoms. The van der Waals surface area contributed by atoms with E-state index >= 15 is 0 Å². The molecule has 0 amide bonds. The molecule has 1 aliphatic carbocycles. The van der Waals surface area contributed by atoms with E-state index in [0.29, 0.717) is 12.5 Å². The number of pyridine rings is 1. The van der Waals surface area contributed by atoms with E-state index in [2.05, 4.69) is 25.5 Å². The zero-order valence-electron chi connectivity index (χ0n) is 10.6. The summed E-state index contributed by atoms with van der Waals surface area (Å²) in [4.78, 5) is 6.61. The second kappa shape index (κ2) is 4.79. The molecule has 0 unspecified atom stereocenters. The number of aromatic nitrogens is 2. The lowest BCUT2D eigenvalue weighted by atomic mass is 10.3. The third kappa shape index (κ3) is 2.33. The number of imidazole rings is 1. The molecule has 2 heterocycles. The maximum atomic E-state index is 8.64. The molecule has 6 heteroatoms. The van der Waals surface area contributed by atoms with Crippen LogP contribution in [-0.2, 0) is 0 Å². The lowest BCUT2D eigenvalue weighted by molar-refractivity contribution is 0.317. The highest BCUT2D eigenvalue weighted by atomic mass is 16.4. The first-order valence-electron chi connectivity index (χ1n) is 6.44. The Labute approximate surface area is 111 Å². The van der Waals surface area contributed by atoms with Crippen LogP contribution in [0.5, 0.6) is 0 Å². The molecule has 100 valence electrons. The topological polar surface area (TPSA) is 79.2 Å². The van der Waals surface area contributed by atoms with Crippen LogP contribution in [0.3, 0.4) is 0 Å². The quantitative estimate of drug-likeness (QED) is 0.368. The molecule has 2 aromatic heterocycles. The van der Waals surface area contributed by atoms with E-state index in [0.717, 1.165) is 18.0 Å². The highest BCUT2D eigenvalue weighted by Gasteiger charge is 2.30. The Bertz CT molecular complexity index is 602. The Kier molecular flexibility index (Phi) is 2.98. The van der Waals surface area contributed by atoms with E-state index in [-0.39, 0.29) is 5.84 Å². The molecule has 0 saturated heterocycles. The minimum atomic E-state index is 0.267. The molecule has 1 fully saturated rings. The van der Waals surface area contributed by atoms with Crippen LogP contribution in [0.1, 0.15) is 19.3 Å². The summed E-state index contributed by atoms with van der Waals surface area (Å²) in [6.07, 6.45) is 6.71. The third-order valence-electron chi connectivity index (χ3n) is 3.43. The SMILES string of the molecule is N/C(CCN(c1cccc2nccn12)C1CC1)=N/O. The number of nitrogens with zero attached hydrogens (tertiary/aromatic N) is 4. The van der Waals surface area contributed by atoms with Crippen LogP contribution in [0.4, 0.5) is 5.82 Å². The Hall–Kier alpha value is -2.24. The van der Waals surface area contributed by atoms with Crippen LogP contribution >= 0.6 is 0 Å². The van der Waals surface area contributed by atoms with E-state index in [4.69, 9.17) is 10.9 Å². The second-order valence-corrected chi connectivity index (χ2v) is 4.81. The molecular formula is C13H17N5O. The normalized spacial score (nSPS) is 15.9. The van der Waals surface area contributed by atoms with E-state index in [9.17, 15) is 0 Å². The molecule has 0 bridgehead atoms. The fourth-order valence-electron chi connectivity index (χ4n) is 2.32. The predicted octanol–water partition coefficient (Wildman–Crippen LogP) is 1.44. The van der Waals surface area contributed by atoms with E-state index < -0.39 is 0 Å². The molecule has 0 atom stereocenters. The lowest BCUT2D eigenvalue weighted by Gasteiger charge is -2.25. The summed E-state index contributed by atoms with van der Waals surface area (Å²) in [5, 5.41) is 11.7. The van der Waals surface area contributed by atoms with Gasteiger partial charge in [-0.05, 0) is 25.0 Å². The molecule has 2 aromatic rings. The van der Waals surface area contributed by atoms with Gasteiger partial charge in [0.1, 0.15) is 17.3 Å². The molecule has 0 aliphatic heterocycles. The minimum absolute atomic E-state index is 0.267. The van der Waals surface area contributed by atoms with Crippen molar-refractivity contribution in [1.29, 1.82) is 0 Å². The van der Waals surface area contributed by atoms with Crippen molar-refractivity contribution in [3.63, 3.8) is 0 Å². The molecule has 3 rings (SSSR count). The maximum absolute atomic E-state index is 8.64. The van der Waals surface area contributed by atoms with Gasteiger partial charge in [0.25, 0.3) is 0 Å². The molecule has 6 nitrogen and oxygen atoms in total. The van der Waals surface area contributed by atoms with E-state index in [1.807, 2.05) is 18.3 Å². The van der Waals surface area contributed by atoms with Crippen molar-refractivity contribution in [2.75, 3.05) is 11.4 Å². The van der Waals surface area contributed by atoms with E-state index in [1.165, 1.54) is 12.8 Å². The summed E-state index contributed by atoms with van der Waals surface area (Å²) < 4.78 is 2.07. The molecule has 0 aromatic carbocycles. The number of rotatable bonds is 5. The predicted molar refractivity (Wildman–Crippen MR) is 73.6 cm³/mol. The zero-order chi connectivity index (χ0) is 13.2. The zero-order valence-corrected chi connectivity index (χ0v) is 10.6. The van der Waals surface area contributed by atoms with Crippen molar-refractivity contribution < 1.29 is 5.21 Å². The van der Waals surface area contributed by atoms with Crippen molar-refractivity contribution >= 4 is 17.3 Å². The number of amidine groups is 1. The van der Waals surface area contributed by atoms with Gasteiger partial charge in [0.15, 0.2) is 0 Å². The Morgan fingerprint density at radius 2 is 2.37 bits per heavy atom. The van der Waals surface area contributed by atoms with Crippen LogP contribution in [0, 0.1) is 0 Å². The van der Waals surface area contributed by atoms with Crippen LogP contribution in [-0.4, -0.2) is 33.0 Å². The van der Waals surface area contributed by atoms with Crippen molar-refractivity contribution in [2.45, 2.75) is 25.3 Å². The number of hydrogen-bond acceptors (Lipinski definition) is 4. The lowest BCUT2D eigenvalue weighted by Crippen LogP contribution is -2.31. The van der Waals surface area contributed by atoms with Crippen LogP contribution < -0.4 is 10.6 Å². The van der Waals surface area contributed by atoms with Crippen LogP contribution in [0.25, 0.3) is 5.65 Å². The Morgan fingerprint density at radius 1 is 1.53 bits per heavy atom. The summed E-state index contributed by atoms with van der Waals surface area (Å²) in [6, 6.07) is 6.63. The summed E-state index contributed by atoms with van der Waals surface area (Å²) in [7, 11) is 0. The van der Waals surface area contributed by atoms with Gasteiger partial charge in [-0.1, -0.05) is 11.2 Å². The van der Waals surface area contributed by atoms with Gasteiger partial charge in [-0.25, -0.2) is 4.98 Å². The van der Waals surface area contributed by atoms with E-state index in [1.54, 1.807) is 6.20 Å². The summed E-state index contributed by atoms with van der Waals surface area (Å²) in [5.74, 6) is 1.38. The number of fused-ring (bicyclic) bond motifs is 1. The van der Waals surface area contributed by atoms with Crippen molar-refractivity contribution in [3.8, 4) is 0 Å². The minimum Gasteiger partial charge on any atom is -0.409 e. The first-order valence-corrected chi connectivity index (χ1v) is 6.44. The second-order valence-electron chi connectivity index (χ2n) is 4.81. The van der Waals surface area contributed by atoms with Gasteiger partial charge in [-0.2, -0.15) is 0 Å². The molecule has 1 saturated carbocycles. The largest absolute Gasteiger partial charge is 0.409 e. The van der Waals surface area contributed by atoms with Gasteiger partial charge in [-0.15, -0.1) is 0 Å². The highest BCUT2D eigenvalue weighted by Crippen LogP contribution is 2.31. The Balaban J connectivity index is 1.89. The van der Waals surface area contributed by atoms with Crippen LogP contribution in [0.2, 0.25) is 0 Å². The maximum Gasteiger partial charge on any atom is 0.140 e. The fraction of sp³-hybridized carbons (Fsp3) is 0.385. The summed E-state index contributed by atoms with van der Waals surface area (Å²) >= 11 is 0. The van der Waals surface area contributed by atoms with Gasteiger partial charge in [0.05, 0.1) is 0 Å². The number of oxime groups is 1. The molecule has 19 heavy (non-hydrogen) atoms. The fourth-order valence-corrected chi connectivity index (χ4v) is 2.32. The summed E-state index contributed by atoms with van der Waals surface area (Å²) in [5.41, 5.74) is 6.50. The van der Waals surface area contributed by atoms with Crippen molar-refractivity contribution in [3.05, 3.63) is 30.6 Å². The van der Waals surface area contributed by atoms with Crippen LogP contribution in [0.15, 0.2) is 35.7 Å². The highest BCUT2D eigenvalue weighted by molar-refractivity contribution is 5.80. The number of hydrogen-bond donors (Lipinski definition) is 2.